The van der Waals surface area contributed by atoms with Gasteiger partial charge in [0, 0.05) is 12.3 Å². The first-order valence-corrected chi connectivity index (χ1v) is 7.66. The van der Waals surface area contributed by atoms with Crippen molar-refractivity contribution in [1.82, 2.24) is 4.98 Å². The minimum absolute atomic E-state index is 0.701. The molecule has 0 aliphatic carbocycles. The number of hydrogen-bond acceptors (Lipinski definition) is 4. The number of benzene rings is 2. The van der Waals surface area contributed by atoms with E-state index in [1.165, 1.54) is 0 Å². The summed E-state index contributed by atoms with van der Waals surface area (Å²) in [6, 6.07) is 15.5. The van der Waals surface area contributed by atoms with Crippen LogP contribution in [0, 0.1) is 0 Å². The van der Waals surface area contributed by atoms with Crippen LogP contribution in [0.2, 0.25) is 5.02 Å². The standard InChI is InChI=1S/C15H13ClN2OS/c16-11-5-1-2-6-12(11)17-9-10-20-15-18-13-7-3-4-8-14(13)19-15/h1-8,17H,9-10H2. The zero-order valence-corrected chi connectivity index (χ0v) is 12.2. The topological polar surface area (TPSA) is 38.1 Å². The second-order valence-electron chi connectivity index (χ2n) is 4.20. The number of nitrogens with zero attached hydrogens (tertiary/aromatic N) is 1. The van der Waals surface area contributed by atoms with Gasteiger partial charge in [0.15, 0.2) is 5.58 Å². The van der Waals surface area contributed by atoms with Crippen molar-refractivity contribution in [2.45, 2.75) is 5.22 Å². The second kappa shape index (κ2) is 6.20. The highest BCUT2D eigenvalue weighted by Crippen LogP contribution is 2.24. The molecule has 0 amide bonds. The summed E-state index contributed by atoms with van der Waals surface area (Å²) in [6.45, 7) is 0.799. The largest absolute Gasteiger partial charge is 0.431 e. The lowest BCUT2D eigenvalue weighted by molar-refractivity contribution is 0.489. The molecule has 0 bridgehead atoms. The maximum absolute atomic E-state index is 6.07. The fourth-order valence-corrected chi connectivity index (χ4v) is 2.73. The van der Waals surface area contributed by atoms with E-state index in [1.54, 1.807) is 11.8 Å². The Morgan fingerprint density at radius 1 is 1.10 bits per heavy atom. The lowest BCUT2D eigenvalue weighted by Gasteiger charge is -2.06. The summed E-state index contributed by atoms with van der Waals surface area (Å²) < 4.78 is 5.64. The predicted octanol–water partition coefficient (Wildman–Crippen LogP) is 4.69. The number of para-hydroxylation sites is 3. The van der Waals surface area contributed by atoms with Gasteiger partial charge in [-0.15, -0.1) is 0 Å². The highest BCUT2D eigenvalue weighted by molar-refractivity contribution is 7.99. The van der Waals surface area contributed by atoms with Crippen LogP contribution in [0.1, 0.15) is 0 Å². The maximum atomic E-state index is 6.07. The van der Waals surface area contributed by atoms with Crippen molar-refractivity contribution in [3.63, 3.8) is 0 Å². The lowest BCUT2D eigenvalue weighted by Crippen LogP contribution is -2.04. The summed E-state index contributed by atoms with van der Waals surface area (Å²) in [6.07, 6.45) is 0. The average Bonchev–Trinajstić information content (AvgIpc) is 2.88. The van der Waals surface area contributed by atoms with Crippen molar-refractivity contribution in [1.29, 1.82) is 0 Å². The Labute approximate surface area is 126 Å². The molecule has 5 heteroatoms. The Hall–Kier alpha value is -1.65. The van der Waals surface area contributed by atoms with Crippen LogP contribution < -0.4 is 5.32 Å². The molecule has 2 aromatic carbocycles. The highest BCUT2D eigenvalue weighted by Gasteiger charge is 2.05. The fourth-order valence-electron chi connectivity index (χ4n) is 1.84. The van der Waals surface area contributed by atoms with Gasteiger partial charge in [0.25, 0.3) is 5.22 Å². The van der Waals surface area contributed by atoms with Gasteiger partial charge in [-0.1, -0.05) is 47.6 Å². The zero-order chi connectivity index (χ0) is 13.8. The van der Waals surface area contributed by atoms with Crippen LogP contribution in [0.15, 0.2) is 58.2 Å². The minimum Gasteiger partial charge on any atom is -0.431 e. The number of fused-ring (bicyclic) bond motifs is 1. The van der Waals surface area contributed by atoms with Crippen molar-refractivity contribution in [3.05, 3.63) is 53.6 Å². The number of hydrogen-bond donors (Lipinski definition) is 1. The van der Waals surface area contributed by atoms with Crippen molar-refractivity contribution in [2.24, 2.45) is 0 Å². The summed E-state index contributed by atoms with van der Waals surface area (Å²) in [5.74, 6) is 0.859. The van der Waals surface area contributed by atoms with Crippen LogP contribution in [-0.2, 0) is 0 Å². The molecule has 3 nitrogen and oxygen atoms in total. The highest BCUT2D eigenvalue weighted by atomic mass is 35.5. The third-order valence-corrected chi connectivity index (χ3v) is 3.95. The number of rotatable bonds is 5. The Bertz CT molecular complexity index is 681. The molecule has 0 spiro atoms. The van der Waals surface area contributed by atoms with Gasteiger partial charge in [0.2, 0.25) is 0 Å². The predicted molar refractivity (Wildman–Crippen MR) is 84.7 cm³/mol. The summed E-state index contributed by atoms with van der Waals surface area (Å²) >= 11 is 7.66. The smallest absolute Gasteiger partial charge is 0.256 e. The van der Waals surface area contributed by atoms with E-state index < -0.39 is 0 Å². The monoisotopic (exact) mass is 304 g/mol. The summed E-state index contributed by atoms with van der Waals surface area (Å²) in [5.41, 5.74) is 2.68. The number of thioether (sulfide) groups is 1. The third kappa shape index (κ3) is 3.08. The van der Waals surface area contributed by atoms with Crippen molar-refractivity contribution < 1.29 is 4.42 Å². The van der Waals surface area contributed by atoms with Gasteiger partial charge < -0.3 is 9.73 Å². The van der Waals surface area contributed by atoms with Gasteiger partial charge in [-0.25, -0.2) is 4.98 Å². The van der Waals surface area contributed by atoms with Crippen LogP contribution in [0.4, 0.5) is 5.69 Å². The first kappa shape index (κ1) is 13.3. The van der Waals surface area contributed by atoms with E-state index >= 15 is 0 Å². The van der Waals surface area contributed by atoms with E-state index in [1.807, 2.05) is 48.5 Å². The molecule has 0 unspecified atom stereocenters. The zero-order valence-electron chi connectivity index (χ0n) is 10.7. The van der Waals surface area contributed by atoms with Crippen LogP contribution in [0.25, 0.3) is 11.1 Å². The normalized spacial score (nSPS) is 10.8. The van der Waals surface area contributed by atoms with Crippen LogP contribution in [0.3, 0.4) is 0 Å². The molecule has 3 rings (SSSR count). The Balaban J connectivity index is 1.54. The van der Waals surface area contributed by atoms with Gasteiger partial charge in [0.1, 0.15) is 5.52 Å². The maximum Gasteiger partial charge on any atom is 0.256 e. The van der Waals surface area contributed by atoms with Gasteiger partial charge in [-0.05, 0) is 24.3 Å². The van der Waals surface area contributed by atoms with E-state index in [4.69, 9.17) is 16.0 Å². The molecule has 0 saturated heterocycles. The second-order valence-corrected chi connectivity index (χ2v) is 5.66. The molecule has 0 aliphatic heterocycles. The molecule has 20 heavy (non-hydrogen) atoms. The molecule has 1 aromatic heterocycles. The van der Waals surface area contributed by atoms with Gasteiger partial charge in [-0.3, -0.25) is 0 Å². The van der Waals surface area contributed by atoms with Crippen molar-refractivity contribution in [2.75, 3.05) is 17.6 Å². The molecule has 0 atom stereocenters. The molecule has 1 N–H and O–H groups in total. The van der Waals surface area contributed by atoms with Crippen LogP contribution >= 0.6 is 23.4 Å². The van der Waals surface area contributed by atoms with E-state index in [0.29, 0.717) is 5.22 Å². The summed E-state index contributed by atoms with van der Waals surface area (Å²) in [4.78, 5) is 4.42. The molecule has 0 aliphatic rings. The molecule has 102 valence electrons. The molecular formula is C15H13ClN2OS. The van der Waals surface area contributed by atoms with E-state index in [-0.39, 0.29) is 0 Å². The molecule has 0 fully saturated rings. The number of anilines is 1. The molecule has 0 radical (unpaired) electrons. The fraction of sp³-hybridized carbons (Fsp3) is 0.133. The SMILES string of the molecule is Clc1ccccc1NCCSc1nc2ccccc2o1. The quantitative estimate of drug-likeness (QED) is 0.548. The number of nitrogens with one attached hydrogen (secondary N) is 1. The van der Waals surface area contributed by atoms with Crippen LogP contribution in [-0.4, -0.2) is 17.3 Å². The van der Waals surface area contributed by atoms with Crippen molar-refractivity contribution >= 4 is 40.1 Å². The minimum atomic E-state index is 0.701. The molecule has 0 saturated carbocycles. The molecule has 1 heterocycles. The summed E-state index contributed by atoms with van der Waals surface area (Å²) in [5, 5.41) is 4.73. The Morgan fingerprint density at radius 3 is 2.75 bits per heavy atom. The van der Waals surface area contributed by atoms with Gasteiger partial charge in [0.05, 0.1) is 10.7 Å². The third-order valence-electron chi connectivity index (χ3n) is 2.79. The van der Waals surface area contributed by atoms with E-state index in [9.17, 15) is 0 Å². The molecule has 3 aromatic rings. The lowest BCUT2D eigenvalue weighted by atomic mass is 10.3. The summed E-state index contributed by atoms with van der Waals surface area (Å²) in [7, 11) is 0. The number of halogens is 1. The van der Waals surface area contributed by atoms with E-state index in [0.717, 1.165) is 34.1 Å². The van der Waals surface area contributed by atoms with Crippen molar-refractivity contribution in [3.8, 4) is 0 Å². The van der Waals surface area contributed by atoms with Crippen LogP contribution in [0.5, 0.6) is 0 Å². The average molecular weight is 305 g/mol. The van der Waals surface area contributed by atoms with E-state index in [2.05, 4.69) is 10.3 Å². The Morgan fingerprint density at radius 2 is 1.90 bits per heavy atom. The number of oxazole rings is 1. The van der Waals surface area contributed by atoms with Gasteiger partial charge in [-0.2, -0.15) is 0 Å². The Kier molecular flexibility index (Phi) is 4.14. The number of aromatic nitrogens is 1. The first-order chi connectivity index (χ1) is 9.83. The van der Waals surface area contributed by atoms with Gasteiger partial charge >= 0.3 is 0 Å². The molecular weight excluding hydrogens is 292 g/mol. The first-order valence-electron chi connectivity index (χ1n) is 6.30.